The third-order valence-electron chi connectivity index (χ3n) is 11.3. The molecule has 0 saturated heterocycles. The largest absolute Gasteiger partial charge is 0.310 e. The molecule has 0 amide bonds. The maximum atomic E-state index is 2.38. The molecule has 0 aliphatic carbocycles. The molecule has 0 N–H and O–H groups in total. The molecule has 0 aliphatic heterocycles. The number of anilines is 3. The van der Waals surface area contributed by atoms with Crippen LogP contribution in [0.3, 0.4) is 0 Å². The van der Waals surface area contributed by atoms with E-state index < -0.39 is 0 Å². The van der Waals surface area contributed by atoms with Gasteiger partial charge in [-0.3, -0.25) is 0 Å². The van der Waals surface area contributed by atoms with Gasteiger partial charge in [0, 0.05) is 37.2 Å². The Morgan fingerprint density at radius 3 is 1.62 bits per heavy atom. The van der Waals surface area contributed by atoms with Gasteiger partial charge in [0.05, 0.1) is 0 Å². The van der Waals surface area contributed by atoms with Crippen molar-refractivity contribution in [2.45, 2.75) is 0 Å². The van der Waals surface area contributed by atoms with Crippen molar-refractivity contribution in [2.75, 3.05) is 4.90 Å². The summed E-state index contributed by atoms with van der Waals surface area (Å²) in [5.74, 6) is 0. The fourth-order valence-electron chi connectivity index (χ4n) is 8.52. The van der Waals surface area contributed by atoms with Gasteiger partial charge in [-0.25, -0.2) is 0 Å². The summed E-state index contributed by atoms with van der Waals surface area (Å²) in [5.41, 5.74) is 10.6. The second-order valence-electron chi connectivity index (χ2n) is 14.5. The molecule has 1 aromatic heterocycles. The van der Waals surface area contributed by atoms with E-state index >= 15 is 0 Å². The van der Waals surface area contributed by atoms with Crippen molar-refractivity contribution >= 4 is 80.9 Å². The topological polar surface area (TPSA) is 3.24 Å². The fraction of sp³-hybridized carbons (Fsp3) is 0. The van der Waals surface area contributed by atoms with Gasteiger partial charge in [-0.05, 0) is 120 Å². The van der Waals surface area contributed by atoms with Crippen molar-refractivity contribution in [2.24, 2.45) is 0 Å². The Bertz CT molecular complexity index is 3230. The summed E-state index contributed by atoms with van der Waals surface area (Å²) in [7, 11) is 0. The normalized spacial score (nSPS) is 11.6. The van der Waals surface area contributed by atoms with Crippen LogP contribution in [0, 0.1) is 0 Å². The van der Waals surface area contributed by atoms with Crippen LogP contribution in [0.15, 0.2) is 212 Å². The summed E-state index contributed by atoms with van der Waals surface area (Å²) in [5, 5.41) is 10.3. The quantitative estimate of drug-likeness (QED) is 0.154. The molecule has 1 heterocycles. The lowest BCUT2D eigenvalue weighted by Gasteiger charge is -2.26. The van der Waals surface area contributed by atoms with Crippen LogP contribution in [0.1, 0.15) is 0 Å². The highest BCUT2D eigenvalue weighted by Gasteiger charge is 2.17. The SMILES string of the molecule is c1ccc(-c2ccc(N(c3ccc(-c4ccc5c(ccc6c7ccccc7ccc56)c4)cc3)c3cccc(-c4cccc5sc6ccccc6c45)c3)cc2)cc1. The van der Waals surface area contributed by atoms with E-state index in [1.165, 1.54) is 85.9 Å². The summed E-state index contributed by atoms with van der Waals surface area (Å²) in [6, 6.07) is 77.7. The van der Waals surface area contributed by atoms with E-state index in [0.29, 0.717) is 0 Å². The molecule has 0 aliphatic rings. The maximum absolute atomic E-state index is 2.38. The monoisotopic (exact) mass is 729 g/mol. The molecule has 0 bridgehead atoms. The van der Waals surface area contributed by atoms with E-state index in [0.717, 1.165) is 17.1 Å². The van der Waals surface area contributed by atoms with E-state index in [1.807, 2.05) is 11.3 Å². The molecule has 2 heteroatoms. The Balaban J connectivity index is 1.00. The highest BCUT2D eigenvalue weighted by Crippen LogP contribution is 2.43. The van der Waals surface area contributed by atoms with Crippen LogP contribution in [0.25, 0.3) is 85.9 Å². The van der Waals surface area contributed by atoms with Crippen LogP contribution in [0.5, 0.6) is 0 Å². The lowest BCUT2D eigenvalue weighted by atomic mass is 9.95. The summed E-state index contributed by atoms with van der Waals surface area (Å²) in [6.45, 7) is 0. The molecule has 11 aromatic rings. The van der Waals surface area contributed by atoms with Crippen molar-refractivity contribution < 1.29 is 0 Å². The first kappa shape index (κ1) is 32.4. The van der Waals surface area contributed by atoms with Gasteiger partial charge in [-0.15, -0.1) is 11.3 Å². The molecule has 0 atom stereocenters. The van der Waals surface area contributed by atoms with Gasteiger partial charge in [0.15, 0.2) is 0 Å². The van der Waals surface area contributed by atoms with Crippen LogP contribution in [0.2, 0.25) is 0 Å². The van der Waals surface area contributed by atoms with Crippen molar-refractivity contribution in [1.82, 2.24) is 0 Å². The highest BCUT2D eigenvalue weighted by molar-refractivity contribution is 7.25. The predicted octanol–water partition coefficient (Wildman–Crippen LogP) is 16.0. The molecule has 1 nitrogen and oxygen atoms in total. The number of fused-ring (bicyclic) bond motifs is 8. The van der Waals surface area contributed by atoms with Gasteiger partial charge in [-0.1, -0.05) is 158 Å². The number of hydrogen-bond donors (Lipinski definition) is 0. The van der Waals surface area contributed by atoms with Crippen LogP contribution < -0.4 is 4.90 Å². The lowest BCUT2D eigenvalue weighted by Crippen LogP contribution is -2.10. The second-order valence-corrected chi connectivity index (χ2v) is 15.6. The summed E-state index contributed by atoms with van der Waals surface area (Å²) < 4.78 is 2.63. The standard InChI is InChI=1S/C54H35NS/c1-2-10-36(11-3-1)37-20-27-43(28-21-37)55(45-14-8-13-41(35-45)48-17-9-19-53-54(48)51-16-6-7-18-52(51)56-53)44-29-22-38(23-30-44)40-25-31-47-42(34-40)26-33-49-46-15-5-4-12-39(46)24-32-50(47)49/h1-35H. The minimum absolute atomic E-state index is 1.11. The average Bonchev–Trinajstić information content (AvgIpc) is 3.66. The second kappa shape index (κ2) is 13.4. The van der Waals surface area contributed by atoms with Crippen molar-refractivity contribution in [3.63, 3.8) is 0 Å². The zero-order valence-electron chi connectivity index (χ0n) is 30.6. The Morgan fingerprint density at radius 1 is 0.286 bits per heavy atom. The molecular formula is C54H35NS. The first-order chi connectivity index (χ1) is 27.7. The van der Waals surface area contributed by atoms with E-state index in [4.69, 9.17) is 0 Å². The Labute approximate surface area is 330 Å². The Kier molecular flexibility index (Phi) is 7.75. The van der Waals surface area contributed by atoms with Gasteiger partial charge in [0.25, 0.3) is 0 Å². The molecule has 262 valence electrons. The minimum Gasteiger partial charge on any atom is -0.310 e. The molecule has 0 spiro atoms. The fourth-order valence-corrected chi connectivity index (χ4v) is 9.65. The minimum atomic E-state index is 1.11. The van der Waals surface area contributed by atoms with Crippen LogP contribution in [-0.2, 0) is 0 Å². The van der Waals surface area contributed by atoms with E-state index in [9.17, 15) is 0 Å². The molecule has 56 heavy (non-hydrogen) atoms. The van der Waals surface area contributed by atoms with E-state index in [1.54, 1.807) is 0 Å². The van der Waals surface area contributed by atoms with Crippen molar-refractivity contribution in [3.8, 4) is 33.4 Å². The molecule has 10 aromatic carbocycles. The third-order valence-corrected chi connectivity index (χ3v) is 12.4. The Morgan fingerprint density at radius 2 is 0.839 bits per heavy atom. The first-order valence-corrected chi connectivity index (χ1v) is 20.0. The number of benzene rings is 10. The molecular weight excluding hydrogens is 695 g/mol. The number of hydrogen-bond acceptors (Lipinski definition) is 2. The molecule has 0 fully saturated rings. The zero-order chi connectivity index (χ0) is 37.0. The molecule has 11 rings (SSSR count). The summed E-state index contributed by atoms with van der Waals surface area (Å²) >= 11 is 1.86. The van der Waals surface area contributed by atoms with E-state index in [2.05, 4.69) is 217 Å². The van der Waals surface area contributed by atoms with Gasteiger partial charge in [-0.2, -0.15) is 0 Å². The van der Waals surface area contributed by atoms with Gasteiger partial charge in [0.2, 0.25) is 0 Å². The molecule has 0 radical (unpaired) electrons. The van der Waals surface area contributed by atoms with Gasteiger partial charge in [0.1, 0.15) is 0 Å². The third kappa shape index (κ3) is 5.54. The smallest absolute Gasteiger partial charge is 0.0467 e. The summed E-state index contributed by atoms with van der Waals surface area (Å²) in [6.07, 6.45) is 0. The zero-order valence-corrected chi connectivity index (χ0v) is 31.4. The van der Waals surface area contributed by atoms with Crippen LogP contribution in [0.4, 0.5) is 17.1 Å². The van der Waals surface area contributed by atoms with Gasteiger partial charge >= 0.3 is 0 Å². The number of nitrogens with zero attached hydrogens (tertiary/aromatic N) is 1. The highest BCUT2D eigenvalue weighted by atomic mass is 32.1. The first-order valence-electron chi connectivity index (χ1n) is 19.2. The summed E-state index contributed by atoms with van der Waals surface area (Å²) in [4.78, 5) is 2.38. The lowest BCUT2D eigenvalue weighted by molar-refractivity contribution is 1.28. The molecule has 0 saturated carbocycles. The number of thiophene rings is 1. The average molecular weight is 730 g/mol. The number of rotatable bonds is 6. The van der Waals surface area contributed by atoms with Crippen molar-refractivity contribution in [1.29, 1.82) is 0 Å². The maximum Gasteiger partial charge on any atom is 0.0467 e. The van der Waals surface area contributed by atoms with Crippen LogP contribution in [-0.4, -0.2) is 0 Å². The molecule has 0 unspecified atom stereocenters. The van der Waals surface area contributed by atoms with Crippen LogP contribution >= 0.6 is 11.3 Å². The Hall–Kier alpha value is -7.00. The predicted molar refractivity (Wildman–Crippen MR) is 243 cm³/mol. The van der Waals surface area contributed by atoms with Gasteiger partial charge < -0.3 is 4.90 Å². The van der Waals surface area contributed by atoms with E-state index in [-0.39, 0.29) is 0 Å². The van der Waals surface area contributed by atoms with Crippen molar-refractivity contribution in [3.05, 3.63) is 212 Å².